The van der Waals surface area contributed by atoms with E-state index in [4.69, 9.17) is 0 Å². The molecule has 0 spiro atoms. The number of hydrogen-bond acceptors (Lipinski definition) is 0. The molecule has 0 atom stereocenters. The standard InChI is InChI=1S/C9H10Br2/c1-6-4-9(11)7(2)3-8(6)5-10/h3-4H,5H2,1-2H3. The fraction of sp³-hybridized carbons (Fsp3) is 0.333. The smallest absolute Gasteiger partial charge is 0.0285 e. The van der Waals surface area contributed by atoms with Gasteiger partial charge in [-0.1, -0.05) is 37.9 Å². The first-order valence-electron chi connectivity index (χ1n) is 3.46. The third kappa shape index (κ3) is 2.06. The quantitative estimate of drug-likeness (QED) is 0.682. The van der Waals surface area contributed by atoms with Crippen molar-refractivity contribution in [2.45, 2.75) is 19.2 Å². The fourth-order valence-corrected chi connectivity index (χ4v) is 2.05. The molecule has 0 amide bonds. The van der Waals surface area contributed by atoms with Gasteiger partial charge in [0.15, 0.2) is 0 Å². The van der Waals surface area contributed by atoms with E-state index in [-0.39, 0.29) is 0 Å². The van der Waals surface area contributed by atoms with Gasteiger partial charge in [-0.15, -0.1) is 0 Å². The predicted octanol–water partition coefficient (Wildman–Crippen LogP) is 3.96. The van der Waals surface area contributed by atoms with Crippen molar-refractivity contribution in [1.82, 2.24) is 0 Å². The molecule has 0 aromatic heterocycles. The van der Waals surface area contributed by atoms with Crippen LogP contribution in [-0.2, 0) is 5.33 Å². The lowest BCUT2D eigenvalue weighted by atomic mass is 10.1. The van der Waals surface area contributed by atoms with Gasteiger partial charge in [0.2, 0.25) is 0 Å². The molecule has 0 saturated carbocycles. The molecular formula is C9H10Br2. The zero-order chi connectivity index (χ0) is 8.43. The van der Waals surface area contributed by atoms with Crippen molar-refractivity contribution in [3.63, 3.8) is 0 Å². The minimum Gasteiger partial charge on any atom is -0.0876 e. The second-order valence-corrected chi connectivity index (χ2v) is 4.08. The highest BCUT2D eigenvalue weighted by Gasteiger charge is 2.00. The van der Waals surface area contributed by atoms with Gasteiger partial charge in [-0.3, -0.25) is 0 Å². The lowest BCUT2D eigenvalue weighted by Gasteiger charge is -2.05. The maximum absolute atomic E-state index is 3.49. The van der Waals surface area contributed by atoms with Gasteiger partial charge in [-0.25, -0.2) is 0 Å². The van der Waals surface area contributed by atoms with E-state index in [2.05, 4.69) is 57.8 Å². The summed E-state index contributed by atoms with van der Waals surface area (Å²) in [4.78, 5) is 0. The molecule has 1 aromatic carbocycles. The molecule has 0 heterocycles. The van der Waals surface area contributed by atoms with Crippen LogP contribution in [-0.4, -0.2) is 0 Å². The maximum atomic E-state index is 3.49. The molecule has 0 fully saturated rings. The molecule has 1 aromatic rings. The Morgan fingerprint density at radius 3 is 2.36 bits per heavy atom. The summed E-state index contributed by atoms with van der Waals surface area (Å²) >= 11 is 6.95. The number of rotatable bonds is 1. The molecule has 0 radical (unpaired) electrons. The van der Waals surface area contributed by atoms with E-state index in [1.165, 1.54) is 21.2 Å². The van der Waals surface area contributed by atoms with Crippen LogP contribution in [0.4, 0.5) is 0 Å². The Hall–Kier alpha value is 0.180. The summed E-state index contributed by atoms with van der Waals surface area (Å²) in [7, 11) is 0. The zero-order valence-corrected chi connectivity index (χ0v) is 9.79. The third-order valence-electron chi connectivity index (χ3n) is 1.76. The zero-order valence-electron chi connectivity index (χ0n) is 6.62. The highest BCUT2D eigenvalue weighted by molar-refractivity contribution is 9.10. The van der Waals surface area contributed by atoms with Crippen molar-refractivity contribution in [1.29, 1.82) is 0 Å². The first-order chi connectivity index (χ1) is 5.15. The average Bonchev–Trinajstić information content (AvgIpc) is 1.97. The van der Waals surface area contributed by atoms with Crippen molar-refractivity contribution in [3.05, 3.63) is 33.3 Å². The second kappa shape index (κ2) is 3.72. The predicted molar refractivity (Wildman–Crippen MR) is 56.2 cm³/mol. The van der Waals surface area contributed by atoms with E-state index >= 15 is 0 Å². The molecular weight excluding hydrogens is 268 g/mol. The highest BCUT2D eigenvalue weighted by Crippen LogP contribution is 2.22. The molecule has 60 valence electrons. The second-order valence-electron chi connectivity index (χ2n) is 2.66. The van der Waals surface area contributed by atoms with Crippen LogP contribution < -0.4 is 0 Å². The summed E-state index contributed by atoms with van der Waals surface area (Å²) < 4.78 is 1.19. The Labute approximate surface area is 84.3 Å². The summed E-state index contributed by atoms with van der Waals surface area (Å²) in [5, 5.41) is 0.937. The molecule has 0 aliphatic carbocycles. The lowest BCUT2D eigenvalue weighted by molar-refractivity contribution is 1.27. The molecule has 0 bridgehead atoms. The van der Waals surface area contributed by atoms with E-state index in [1.54, 1.807) is 0 Å². The van der Waals surface area contributed by atoms with Crippen molar-refractivity contribution < 1.29 is 0 Å². The van der Waals surface area contributed by atoms with Crippen LogP contribution in [0, 0.1) is 13.8 Å². The van der Waals surface area contributed by atoms with Crippen LogP contribution in [0.2, 0.25) is 0 Å². The van der Waals surface area contributed by atoms with Gasteiger partial charge in [-0.2, -0.15) is 0 Å². The third-order valence-corrected chi connectivity index (χ3v) is 3.22. The maximum Gasteiger partial charge on any atom is 0.0285 e. The SMILES string of the molecule is Cc1cc(CBr)c(C)cc1Br. The number of alkyl halides is 1. The Bertz CT molecular complexity index is 267. The van der Waals surface area contributed by atoms with Gasteiger partial charge in [0.05, 0.1) is 0 Å². The van der Waals surface area contributed by atoms with Crippen molar-refractivity contribution >= 4 is 31.9 Å². The molecule has 2 heteroatoms. The monoisotopic (exact) mass is 276 g/mol. The number of halogens is 2. The first-order valence-corrected chi connectivity index (χ1v) is 5.38. The fourth-order valence-electron chi connectivity index (χ4n) is 0.985. The van der Waals surface area contributed by atoms with Crippen LogP contribution in [0.25, 0.3) is 0 Å². The number of hydrogen-bond donors (Lipinski definition) is 0. The van der Waals surface area contributed by atoms with Crippen molar-refractivity contribution in [2.24, 2.45) is 0 Å². The molecule has 11 heavy (non-hydrogen) atoms. The highest BCUT2D eigenvalue weighted by atomic mass is 79.9. The van der Waals surface area contributed by atoms with Crippen LogP contribution in [0.3, 0.4) is 0 Å². The van der Waals surface area contributed by atoms with Crippen molar-refractivity contribution in [3.8, 4) is 0 Å². The van der Waals surface area contributed by atoms with E-state index < -0.39 is 0 Å². The molecule has 1 rings (SSSR count). The normalized spacial score (nSPS) is 10.2. The lowest BCUT2D eigenvalue weighted by Crippen LogP contribution is -1.86. The van der Waals surface area contributed by atoms with Crippen LogP contribution in [0.5, 0.6) is 0 Å². The average molecular weight is 278 g/mol. The summed E-state index contributed by atoms with van der Waals surface area (Å²) in [5.74, 6) is 0. The number of benzene rings is 1. The van der Waals surface area contributed by atoms with Gasteiger partial charge >= 0.3 is 0 Å². The minimum atomic E-state index is 0.937. The molecule has 0 N–H and O–H groups in total. The topological polar surface area (TPSA) is 0 Å². The van der Waals surface area contributed by atoms with Gasteiger partial charge in [0.1, 0.15) is 0 Å². The van der Waals surface area contributed by atoms with Gasteiger partial charge in [-0.05, 0) is 36.6 Å². The molecule has 0 saturated heterocycles. The van der Waals surface area contributed by atoms with E-state index in [0.29, 0.717) is 0 Å². The Kier molecular flexibility index (Phi) is 3.14. The van der Waals surface area contributed by atoms with Crippen LogP contribution in [0.15, 0.2) is 16.6 Å². The molecule has 0 aliphatic rings. The Morgan fingerprint density at radius 2 is 1.82 bits per heavy atom. The van der Waals surface area contributed by atoms with Gasteiger partial charge < -0.3 is 0 Å². The summed E-state index contributed by atoms with van der Waals surface area (Å²) in [6.07, 6.45) is 0. The molecule has 0 nitrogen and oxygen atoms in total. The van der Waals surface area contributed by atoms with E-state index in [1.807, 2.05) is 0 Å². The van der Waals surface area contributed by atoms with E-state index in [0.717, 1.165) is 5.33 Å². The summed E-state index contributed by atoms with van der Waals surface area (Å²) in [5.41, 5.74) is 4.00. The number of aryl methyl sites for hydroxylation is 2. The largest absolute Gasteiger partial charge is 0.0876 e. The Balaban J connectivity index is 3.21. The molecule has 0 unspecified atom stereocenters. The van der Waals surface area contributed by atoms with Gasteiger partial charge in [0.25, 0.3) is 0 Å². The summed E-state index contributed by atoms with van der Waals surface area (Å²) in [6.45, 7) is 4.23. The van der Waals surface area contributed by atoms with Gasteiger partial charge in [0, 0.05) is 9.80 Å². The first kappa shape index (κ1) is 9.27. The van der Waals surface area contributed by atoms with Crippen molar-refractivity contribution in [2.75, 3.05) is 0 Å². The summed E-state index contributed by atoms with van der Waals surface area (Å²) in [6, 6.07) is 4.36. The Morgan fingerprint density at radius 1 is 1.18 bits per heavy atom. The van der Waals surface area contributed by atoms with Crippen LogP contribution >= 0.6 is 31.9 Å². The van der Waals surface area contributed by atoms with Crippen LogP contribution in [0.1, 0.15) is 16.7 Å². The van der Waals surface area contributed by atoms with E-state index in [9.17, 15) is 0 Å². The minimum absolute atomic E-state index is 0.937. The molecule has 0 aliphatic heterocycles.